The van der Waals surface area contributed by atoms with Crippen molar-refractivity contribution in [2.75, 3.05) is 11.4 Å². The number of carbonyl (C=O) groups excluding carboxylic acids is 4. The van der Waals surface area contributed by atoms with Gasteiger partial charge in [0, 0.05) is 22.5 Å². The smallest absolute Gasteiger partial charge is 0.241 e. The van der Waals surface area contributed by atoms with Crippen LogP contribution in [0.2, 0.25) is 0 Å². The molecular weight excluding hydrogens is 548 g/mol. The maximum Gasteiger partial charge on any atom is 0.241 e. The van der Waals surface area contributed by atoms with Crippen LogP contribution in [0.25, 0.3) is 0 Å². The van der Waals surface area contributed by atoms with Gasteiger partial charge in [-0.25, -0.2) is 4.90 Å². The number of phenolic OH excluding ortho intramolecular Hbond substituents is 1. The zero-order valence-corrected chi connectivity index (χ0v) is 22.8. The monoisotopic (exact) mass is 576 g/mol. The zero-order valence-electron chi connectivity index (χ0n) is 21.3. The molecule has 8 heteroatoms. The zero-order chi connectivity index (χ0) is 26.9. The van der Waals surface area contributed by atoms with Crippen LogP contribution in [-0.2, 0) is 19.2 Å². The van der Waals surface area contributed by atoms with Gasteiger partial charge in [0.2, 0.25) is 23.6 Å². The Bertz CT molecular complexity index is 1400. The van der Waals surface area contributed by atoms with E-state index in [-0.39, 0.29) is 35.3 Å². The Labute approximate surface area is 229 Å². The number of nitrogens with zero attached hydrogens (tertiary/aromatic N) is 2. The van der Waals surface area contributed by atoms with Crippen molar-refractivity contribution < 1.29 is 24.3 Å². The molecule has 2 heterocycles. The quantitative estimate of drug-likeness (QED) is 0.417. The summed E-state index contributed by atoms with van der Waals surface area (Å²) in [5, 5.41) is 11.1. The van der Waals surface area contributed by atoms with E-state index in [4.69, 9.17) is 0 Å². The van der Waals surface area contributed by atoms with E-state index in [1.165, 1.54) is 9.80 Å². The molecule has 38 heavy (non-hydrogen) atoms. The van der Waals surface area contributed by atoms with E-state index in [0.717, 1.165) is 10.0 Å². The molecule has 2 aliphatic heterocycles. The molecule has 4 amide bonds. The Hall–Kier alpha value is -3.26. The number of rotatable bonds is 4. The third-order valence-corrected chi connectivity index (χ3v) is 9.62. The second-order valence-electron chi connectivity index (χ2n) is 11.0. The van der Waals surface area contributed by atoms with Crippen molar-refractivity contribution in [3.63, 3.8) is 0 Å². The number of amides is 4. The van der Waals surface area contributed by atoms with E-state index in [1.54, 1.807) is 42.5 Å². The maximum absolute atomic E-state index is 14.3. The van der Waals surface area contributed by atoms with Gasteiger partial charge in [0.05, 0.1) is 28.9 Å². The molecule has 1 N–H and O–H groups in total. The molecule has 196 valence electrons. The summed E-state index contributed by atoms with van der Waals surface area (Å²) in [5.74, 6) is -3.65. The Balaban J connectivity index is 1.54. The summed E-state index contributed by atoms with van der Waals surface area (Å²) in [7, 11) is 0. The molecule has 0 spiro atoms. The Morgan fingerprint density at radius 2 is 1.74 bits per heavy atom. The molecule has 0 aromatic heterocycles. The molecule has 2 aliphatic carbocycles. The van der Waals surface area contributed by atoms with Crippen LogP contribution in [0.5, 0.6) is 5.75 Å². The maximum atomic E-state index is 14.3. The average molecular weight is 577 g/mol. The van der Waals surface area contributed by atoms with Crippen molar-refractivity contribution >= 4 is 45.2 Å². The van der Waals surface area contributed by atoms with E-state index >= 15 is 0 Å². The van der Waals surface area contributed by atoms with Crippen molar-refractivity contribution in [1.82, 2.24) is 4.90 Å². The lowest BCUT2D eigenvalue weighted by molar-refractivity contribution is -0.140. The van der Waals surface area contributed by atoms with Crippen LogP contribution < -0.4 is 4.90 Å². The van der Waals surface area contributed by atoms with E-state index < -0.39 is 29.1 Å². The van der Waals surface area contributed by atoms with Gasteiger partial charge in [-0.2, -0.15) is 0 Å². The second-order valence-corrected chi connectivity index (χ2v) is 11.9. The fraction of sp³-hybridized carbons (Fsp3) is 0.400. The SMILES string of the molecule is CCCN1C(=O)C2CC=C3C(CC4C(=O)N(c5ccccc5)C(=O)C4(C)C3c3cc(Br)ccc3O)C2C1=O. The number of anilines is 1. The fourth-order valence-electron chi connectivity index (χ4n) is 7.45. The summed E-state index contributed by atoms with van der Waals surface area (Å²) >= 11 is 3.51. The summed E-state index contributed by atoms with van der Waals surface area (Å²) in [5.41, 5.74) is 0.745. The summed E-state index contributed by atoms with van der Waals surface area (Å²) < 4.78 is 0.736. The van der Waals surface area contributed by atoms with Crippen LogP contribution in [0.15, 0.2) is 64.7 Å². The predicted molar refractivity (Wildman–Crippen MR) is 144 cm³/mol. The first kappa shape index (κ1) is 25.0. The fourth-order valence-corrected chi connectivity index (χ4v) is 7.83. The predicted octanol–water partition coefficient (Wildman–Crippen LogP) is 4.80. The van der Waals surface area contributed by atoms with E-state index in [2.05, 4.69) is 15.9 Å². The lowest BCUT2D eigenvalue weighted by atomic mass is 9.51. The van der Waals surface area contributed by atoms with Crippen LogP contribution in [0.3, 0.4) is 0 Å². The van der Waals surface area contributed by atoms with Crippen molar-refractivity contribution in [3.8, 4) is 5.75 Å². The number of hydrogen-bond acceptors (Lipinski definition) is 5. The molecule has 2 aromatic rings. The van der Waals surface area contributed by atoms with Crippen molar-refractivity contribution in [1.29, 1.82) is 0 Å². The van der Waals surface area contributed by atoms with Crippen LogP contribution in [-0.4, -0.2) is 40.2 Å². The van der Waals surface area contributed by atoms with Crippen LogP contribution in [0.1, 0.15) is 44.6 Å². The van der Waals surface area contributed by atoms with Crippen molar-refractivity contribution in [3.05, 3.63) is 70.2 Å². The average Bonchev–Trinajstić information content (AvgIpc) is 3.26. The first-order chi connectivity index (χ1) is 18.2. The normalized spacial score (nSPS) is 32.3. The van der Waals surface area contributed by atoms with E-state index in [0.29, 0.717) is 37.1 Å². The summed E-state index contributed by atoms with van der Waals surface area (Å²) in [6.07, 6.45) is 3.39. The van der Waals surface area contributed by atoms with Gasteiger partial charge in [-0.3, -0.25) is 24.1 Å². The van der Waals surface area contributed by atoms with Gasteiger partial charge in [0.15, 0.2) is 0 Å². The number of phenols is 1. The van der Waals surface area contributed by atoms with Crippen LogP contribution in [0, 0.1) is 29.1 Å². The molecule has 0 radical (unpaired) electrons. The number of allylic oxidation sites excluding steroid dienone is 2. The number of hydrogen-bond donors (Lipinski definition) is 1. The van der Waals surface area contributed by atoms with Crippen LogP contribution in [0.4, 0.5) is 5.69 Å². The molecular formula is C30H29BrN2O5. The first-order valence-electron chi connectivity index (χ1n) is 13.2. The molecule has 3 fully saturated rings. The Morgan fingerprint density at radius 3 is 2.45 bits per heavy atom. The molecule has 1 saturated carbocycles. The third kappa shape index (κ3) is 3.32. The number of halogens is 1. The molecule has 4 aliphatic rings. The highest BCUT2D eigenvalue weighted by molar-refractivity contribution is 9.10. The van der Waals surface area contributed by atoms with Gasteiger partial charge >= 0.3 is 0 Å². The molecule has 6 atom stereocenters. The first-order valence-corrected chi connectivity index (χ1v) is 14.0. The number of para-hydroxylation sites is 1. The van der Waals surface area contributed by atoms with Gasteiger partial charge < -0.3 is 5.11 Å². The molecule has 7 nitrogen and oxygen atoms in total. The van der Waals surface area contributed by atoms with Gasteiger partial charge in [0.25, 0.3) is 0 Å². The Morgan fingerprint density at radius 1 is 1.00 bits per heavy atom. The minimum atomic E-state index is -1.17. The van der Waals surface area contributed by atoms with Crippen molar-refractivity contribution in [2.24, 2.45) is 29.1 Å². The summed E-state index contributed by atoms with van der Waals surface area (Å²) in [6.45, 7) is 4.13. The number of fused-ring (bicyclic) bond motifs is 4. The topological polar surface area (TPSA) is 95.0 Å². The van der Waals surface area contributed by atoms with Crippen LogP contribution >= 0.6 is 15.9 Å². The number of aromatic hydroxyl groups is 1. The highest BCUT2D eigenvalue weighted by Gasteiger charge is 2.67. The lowest BCUT2D eigenvalue weighted by Gasteiger charge is -2.49. The van der Waals surface area contributed by atoms with Gasteiger partial charge in [0.1, 0.15) is 5.75 Å². The highest BCUT2D eigenvalue weighted by atomic mass is 79.9. The number of carbonyl (C=O) groups is 4. The summed E-state index contributed by atoms with van der Waals surface area (Å²) in [4.78, 5) is 57.8. The molecule has 6 unspecified atom stereocenters. The molecule has 6 rings (SSSR count). The minimum Gasteiger partial charge on any atom is -0.508 e. The third-order valence-electron chi connectivity index (χ3n) is 9.13. The standard InChI is InChI=1S/C30H29BrN2O5/c1-3-13-32-26(35)19-11-10-18-20(24(19)28(32)37)15-22-27(36)33(17-7-5-4-6-8-17)29(38)30(22,2)25(18)21-14-16(31)9-12-23(21)34/h4-10,12,14,19-20,22,24-25,34H,3,11,13,15H2,1-2H3. The number of benzene rings is 2. The largest absolute Gasteiger partial charge is 0.508 e. The lowest BCUT2D eigenvalue weighted by Crippen LogP contribution is -2.48. The van der Waals surface area contributed by atoms with E-state index in [9.17, 15) is 24.3 Å². The number of likely N-dealkylation sites (tertiary alicyclic amines) is 1. The van der Waals surface area contributed by atoms with E-state index in [1.807, 2.05) is 26.0 Å². The highest BCUT2D eigenvalue weighted by Crippen LogP contribution is 2.64. The van der Waals surface area contributed by atoms with Gasteiger partial charge in [-0.15, -0.1) is 0 Å². The Kier molecular flexibility index (Phi) is 5.87. The summed E-state index contributed by atoms with van der Waals surface area (Å²) in [6, 6.07) is 14.0. The second kappa shape index (κ2) is 8.90. The molecule has 2 aromatic carbocycles. The van der Waals surface area contributed by atoms with Gasteiger partial charge in [-0.1, -0.05) is 52.7 Å². The molecule has 2 saturated heterocycles. The van der Waals surface area contributed by atoms with Crippen molar-refractivity contribution in [2.45, 2.75) is 39.0 Å². The van der Waals surface area contributed by atoms with Gasteiger partial charge in [-0.05, 0) is 62.4 Å². The molecule has 0 bridgehead atoms. The minimum absolute atomic E-state index is 0.0293. The number of imide groups is 2.